The lowest BCUT2D eigenvalue weighted by Crippen LogP contribution is -2.50. The number of nitrogens with one attached hydrogen (secondary N) is 4. The summed E-state index contributed by atoms with van der Waals surface area (Å²) in [5.74, 6) is -7.60. The minimum absolute atomic E-state index is 0.0671. The van der Waals surface area contributed by atoms with E-state index < -0.39 is 53.5 Å². The van der Waals surface area contributed by atoms with Crippen molar-refractivity contribution in [3.05, 3.63) is 0 Å². The van der Waals surface area contributed by atoms with Crippen molar-refractivity contribution in [2.45, 2.75) is 213 Å². The maximum absolute atomic E-state index is 12.8. The van der Waals surface area contributed by atoms with Gasteiger partial charge in [0.05, 0.1) is 70.0 Å². The molecule has 0 aliphatic heterocycles. The summed E-state index contributed by atoms with van der Waals surface area (Å²) in [4.78, 5) is 133. The van der Waals surface area contributed by atoms with Gasteiger partial charge in [0.1, 0.15) is 24.8 Å². The Bertz CT molecular complexity index is 1850. The second-order valence-corrected chi connectivity index (χ2v) is 21.3. The molecule has 0 aliphatic carbocycles. The molecule has 0 heterocycles. The lowest BCUT2D eigenvalue weighted by atomic mass is 9.90. The Kier molecular flexibility index (Phi) is 48.4. The molecule has 23 heteroatoms. The highest BCUT2D eigenvalue weighted by atomic mass is 16.5. The molecule has 0 fully saturated rings. The van der Waals surface area contributed by atoms with Crippen LogP contribution in [0.4, 0.5) is 0 Å². The number of aliphatic carboxylic acids is 3. The number of carboxylic acid groups (broad SMARTS) is 3. The number of carboxylic acids is 3. The number of amides is 3. The maximum atomic E-state index is 12.8. The Morgan fingerprint density at radius 1 is 0.476 bits per heavy atom. The summed E-state index contributed by atoms with van der Waals surface area (Å²) in [5.41, 5.74) is 5.58. The third-order valence-corrected chi connectivity index (χ3v) is 14.1. The average Bonchev–Trinajstić information content (AvgIpc) is 3.43. The summed E-state index contributed by atoms with van der Waals surface area (Å²) >= 11 is 0. The number of nitrogens with two attached hydrogens (primary N) is 1. The van der Waals surface area contributed by atoms with Crippen molar-refractivity contribution in [3.8, 4) is 0 Å². The van der Waals surface area contributed by atoms with Crippen LogP contribution in [0, 0.1) is 17.8 Å². The summed E-state index contributed by atoms with van der Waals surface area (Å²) in [6, 6.07) is -1.28. The summed E-state index contributed by atoms with van der Waals surface area (Å²) in [6.45, 7) is 6.28. The first kappa shape index (κ1) is 76.9. The van der Waals surface area contributed by atoms with Crippen LogP contribution in [-0.4, -0.2) is 171 Å². The van der Waals surface area contributed by atoms with E-state index in [2.05, 4.69) is 21.3 Å². The first-order valence-electron chi connectivity index (χ1n) is 30.1. The standard InChI is InChI=1S/C59H103N5O18/c1-4-44(2)57(64-45(3)65)53(70)41-63-51(52(69)40-60)24-19-20-30-61-55(72)43-82-37-34-79-32-21-23-50(68)42-81-36-35-80-33-31-62-54(71)29-27-47(59(77)78)39-49(67)28-26-46(58(75)76)38-48(66)22-17-15-13-11-9-7-5-6-8-10-12-14-16-18-25-56(73)74/h44,46-47,51,57,63H,4-43,60H2,1-3H3,(H,61,72)(H,62,71)(H,64,65)(H,73,74)(H,75,76)(H,77,78)/t44?,46?,47?,51-,57-/m0/s1. The van der Waals surface area contributed by atoms with Gasteiger partial charge in [0.15, 0.2) is 17.3 Å². The number of Topliss-reactive ketones (excluding diaryl/α,β-unsaturated/α-hetero) is 5. The van der Waals surface area contributed by atoms with Gasteiger partial charge < -0.3 is 61.3 Å². The molecule has 3 amide bonds. The Labute approximate surface area is 486 Å². The number of ether oxygens (including phenoxy) is 4. The van der Waals surface area contributed by atoms with Gasteiger partial charge in [-0.2, -0.15) is 0 Å². The van der Waals surface area contributed by atoms with Crippen LogP contribution in [-0.2, 0) is 71.7 Å². The quantitative estimate of drug-likeness (QED) is 0.0343. The normalized spacial score (nSPS) is 13.1. The zero-order valence-electron chi connectivity index (χ0n) is 49.7. The van der Waals surface area contributed by atoms with E-state index in [0.717, 1.165) is 51.4 Å². The molecule has 9 N–H and O–H groups in total. The van der Waals surface area contributed by atoms with E-state index >= 15 is 0 Å². The van der Waals surface area contributed by atoms with Crippen molar-refractivity contribution < 1.29 is 87.0 Å². The molecule has 0 spiro atoms. The highest BCUT2D eigenvalue weighted by Gasteiger charge is 2.28. The van der Waals surface area contributed by atoms with Crippen molar-refractivity contribution in [1.29, 1.82) is 0 Å². The predicted octanol–water partition coefficient (Wildman–Crippen LogP) is 5.62. The maximum Gasteiger partial charge on any atom is 0.306 e. The molecule has 23 nitrogen and oxygen atoms in total. The van der Waals surface area contributed by atoms with Gasteiger partial charge in [-0.3, -0.25) is 52.7 Å². The Morgan fingerprint density at radius 3 is 1.50 bits per heavy atom. The molecule has 0 aliphatic rings. The van der Waals surface area contributed by atoms with Crippen LogP contribution in [0.15, 0.2) is 0 Å². The van der Waals surface area contributed by atoms with E-state index in [1.807, 2.05) is 13.8 Å². The molecule has 82 heavy (non-hydrogen) atoms. The first-order chi connectivity index (χ1) is 39.3. The molecular weight excluding hydrogens is 1070 g/mol. The highest BCUT2D eigenvalue weighted by molar-refractivity contribution is 5.91. The van der Waals surface area contributed by atoms with E-state index in [0.29, 0.717) is 51.7 Å². The zero-order valence-corrected chi connectivity index (χ0v) is 49.7. The average molecular weight is 1170 g/mol. The molecule has 0 rings (SSSR count). The van der Waals surface area contributed by atoms with E-state index in [4.69, 9.17) is 29.8 Å². The lowest BCUT2D eigenvalue weighted by molar-refractivity contribution is -0.145. The van der Waals surface area contributed by atoms with Gasteiger partial charge in [-0.05, 0) is 57.3 Å². The molecule has 0 radical (unpaired) electrons. The van der Waals surface area contributed by atoms with Gasteiger partial charge in [0, 0.05) is 71.6 Å². The molecule has 0 aromatic carbocycles. The summed E-state index contributed by atoms with van der Waals surface area (Å²) in [7, 11) is 0. The highest BCUT2D eigenvalue weighted by Crippen LogP contribution is 2.20. The molecule has 0 saturated heterocycles. The molecular formula is C59H103N5O18. The van der Waals surface area contributed by atoms with Crippen LogP contribution in [0.5, 0.6) is 0 Å². The molecule has 0 saturated carbocycles. The smallest absolute Gasteiger partial charge is 0.306 e. The van der Waals surface area contributed by atoms with Gasteiger partial charge in [0.2, 0.25) is 17.7 Å². The minimum Gasteiger partial charge on any atom is -0.481 e. The Morgan fingerprint density at radius 2 is 0.963 bits per heavy atom. The number of unbranched alkanes of at least 4 members (excludes halogenated alkanes) is 14. The van der Waals surface area contributed by atoms with Gasteiger partial charge in [-0.1, -0.05) is 97.3 Å². The zero-order chi connectivity index (χ0) is 61.2. The number of rotatable bonds is 60. The lowest BCUT2D eigenvalue weighted by Gasteiger charge is -2.24. The van der Waals surface area contributed by atoms with Crippen LogP contribution >= 0.6 is 0 Å². The second-order valence-electron chi connectivity index (χ2n) is 21.3. The molecule has 0 bridgehead atoms. The van der Waals surface area contributed by atoms with Crippen LogP contribution in [0.25, 0.3) is 0 Å². The van der Waals surface area contributed by atoms with Crippen molar-refractivity contribution in [2.75, 3.05) is 79.0 Å². The predicted molar refractivity (Wildman–Crippen MR) is 307 cm³/mol. The SMILES string of the molecule is CCC(C)[C@H](NC(C)=O)C(=O)CN[C@@H](CCCCNC(=O)COCCOCCCC(=O)COCCOCCNC(=O)CCC(CC(=O)CCC(CC(=O)CCCCCCCCCCCCCCCCC(=O)O)C(=O)O)C(=O)O)C(=O)CN. The Hall–Kier alpha value is -5.07. The Balaban J connectivity index is 4.01. The van der Waals surface area contributed by atoms with Crippen molar-refractivity contribution >= 4 is 64.5 Å². The third kappa shape index (κ3) is 45.4. The minimum atomic E-state index is -1.24. The number of hydrogen-bond donors (Lipinski definition) is 8. The van der Waals surface area contributed by atoms with E-state index in [1.54, 1.807) is 0 Å². The topological polar surface area (TPSA) is 360 Å². The third-order valence-electron chi connectivity index (χ3n) is 14.1. The summed E-state index contributed by atoms with van der Waals surface area (Å²) < 4.78 is 21.6. The number of ketones is 5. The number of carbonyl (C=O) groups is 11. The number of carbonyl (C=O) groups excluding carboxylic acids is 8. The fourth-order valence-electron chi connectivity index (χ4n) is 8.92. The number of hydrogen-bond acceptors (Lipinski definition) is 17. The largest absolute Gasteiger partial charge is 0.481 e. The molecule has 472 valence electrons. The molecule has 0 aromatic heterocycles. The van der Waals surface area contributed by atoms with Crippen LogP contribution in [0.1, 0.15) is 201 Å². The van der Waals surface area contributed by atoms with Crippen LogP contribution in [0.3, 0.4) is 0 Å². The fourth-order valence-corrected chi connectivity index (χ4v) is 8.92. The molecule has 3 unspecified atom stereocenters. The summed E-state index contributed by atoms with van der Waals surface area (Å²) in [5, 5.41) is 39.1. The first-order valence-corrected chi connectivity index (χ1v) is 30.1. The molecule has 0 aromatic rings. The van der Waals surface area contributed by atoms with Crippen molar-refractivity contribution in [2.24, 2.45) is 23.5 Å². The monoisotopic (exact) mass is 1170 g/mol. The van der Waals surface area contributed by atoms with Crippen LogP contribution < -0.4 is 27.0 Å². The molecule has 5 atom stereocenters. The fraction of sp³-hybridized carbons (Fsp3) is 0.814. The van der Waals surface area contributed by atoms with Crippen molar-refractivity contribution in [1.82, 2.24) is 21.3 Å². The van der Waals surface area contributed by atoms with Gasteiger partial charge in [0.25, 0.3) is 0 Å². The van der Waals surface area contributed by atoms with Crippen molar-refractivity contribution in [3.63, 3.8) is 0 Å². The van der Waals surface area contributed by atoms with E-state index in [1.165, 1.54) is 39.0 Å². The van der Waals surface area contributed by atoms with E-state index in [9.17, 15) is 63.0 Å². The van der Waals surface area contributed by atoms with Gasteiger partial charge in [-0.15, -0.1) is 0 Å². The second kappa shape index (κ2) is 51.6. The van der Waals surface area contributed by atoms with Gasteiger partial charge >= 0.3 is 17.9 Å². The van der Waals surface area contributed by atoms with Gasteiger partial charge in [-0.25, -0.2) is 0 Å². The van der Waals surface area contributed by atoms with E-state index in [-0.39, 0.29) is 165 Å². The summed E-state index contributed by atoms with van der Waals surface area (Å²) in [6.07, 6.45) is 17.2. The van der Waals surface area contributed by atoms with Crippen LogP contribution in [0.2, 0.25) is 0 Å².